The lowest BCUT2D eigenvalue weighted by Crippen LogP contribution is -2.60. The number of benzene rings is 1. The average Bonchev–Trinajstić information content (AvgIpc) is 2.87. The van der Waals surface area contributed by atoms with Crippen LogP contribution in [0.3, 0.4) is 0 Å². The maximum atomic E-state index is 14.3. The highest BCUT2D eigenvalue weighted by atomic mass is 19.1. The number of likely N-dealkylation sites (tertiary alicyclic amines) is 1. The Morgan fingerprint density at radius 2 is 2.10 bits per heavy atom. The molecule has 0 aromatic heterocycles. The summed E-state index contributed by atoms with van der Waals surface area (Å²) in [6.45, 7) is 8.59. The predicted octanol–water partition coefficient (Wildman–Crippen LogP) is 4.26. The van der Waals surface area contributed by atoms with Crippen LogP contribution < -0.4 is 10.1 Å². The third kappa shape index (κ3) is 4.90. The number of amides is 1. The van der Waals surface area contributed by atoms with E-state index in [2.05, 4.69) is 40.2 Å². The molecule has 3 fully saturated rings. The summed E-state index contributed by atoms with van der Waals surface area (Å²) in [6.07, 6.45) is 5.28. The van der Waals surface area contributed by atoms with Gasteiger partial charge in [0.2, 0.25) is 5.91 Å². The first kappa shape index (κ1) is 22.5. The first-order chi connectivity index (χ1) is 14.9. The third-order valence-electron chi connectivity index (χ3n) is 7.38. The fourth-order valence-corrected chi connectivity index (χ4v) is 5.84. The lowest BCUT2D eigenvalue weighted by molar-refractivity contribution is -0.132. The van der Waals surface area contributed by atoms with Crippen LogP contribution in [0, 0.1) is 0 Å². The van der Waals surface area contributed by atoms with Crippen LogP contribution in [0.2, 0.25) is 0 Å². The highest BCUT2D eigenvalue weighted by Crippen LogP contribution is 2.40. The lowest BCUT2D eigenvalue weighted by Gasteiger charge is -2.48. The van der Waals surface area contributed by atoms with E-state index in [1.165, 1.54) is 5.56 Å². The van der Waals surface area contributed by atoms with Crippen LogP contribution in [0.15, 0.2) is 24.3 Å². The van der Waals surface area contributed by atoms with Crippen LogP contribution in [0.1, 0.15) is 71.3 Å². The van der Waals surface area contributed by atoms with E-state index >= 15 is 0 Å². The number of nitrogens with one attached hydrogen (secondary N) is 1. The predicted molar refractivity (Wildman–Crippen MR) is 121 cm³/mol. The van der Waals surface area contributed by atoms with E-state index in [0.717, 1.165) is 50.9 Å². The number of halogens is 1. The number of nitrogens with zero attached hydrogens (tertiary/aromatic N) is 2. The number of rotatable bonds is 5. The minimum atomic E-state index is -0.738. The number of ether oxygens (including phenoxy) is 1. The van der Waals surface area contributed by atoms with Crippen LogP contribution in [-0.4, -0.2) is 58.8 Å². The zero-order valence-corrected chi connectivity index (χ0v) is 19.3. The van der Waals surface area contributed by atoms with E-state index < -0.39 is 11.7 Å². The van der Waals surface area contributed by atoms with Crippen LogP contribution in [0.5, 0.6) is 5.75 Å². The molecule has 1 aromatic carbocycles. The molecule has 6 heteroatoms. The summed E-state index contributed by atoms with van der Waals surface area (Å²) in [7, 11) is 0. The summed E-state index contributed by atoms with van der Waals surface area (Å²) in [5, 5.41) is 3.10. The number of hydrogen-bond acceptors (Lipinski definition) is 4. The van der Waals surface area contributed by atoms with Crippen molar-refractivity contribution in [3.05, 3.63) is 29.8 Å². The fourth-order valence-electron chi connectivity index (χ4n) is 5.84. The zero-order chi connectivity index (χ0) is 22.0. The number of alkyl halides is 1. The SMILES string of the molecule is CC(C)Oc1cccc(CN2CC[C@@]3(C[C@@H]2C)C(=O)NCN3C2CCCC[C@H](F)C2)c1. The summed E-state index contributed by atoms with van der Waals surface area (Å²) in [4.78, 5) is 17.8. The molecule has 1 amide bonds. The summed E-state index contributed by atoms with van der Waals surface area (Å²) in [5.74, 6) is 1.05. The maximum absolute atomic E-state index is 14.3. The van der Waals surface area contributed by atoms with Crippen molar-refractivity contribution in [1.29, 1.82) is 0 Å². The van der Waals surface area contributed by atoms with E-state index in [-0.39, 0.29) is 24.1 Å². The van der Waals surface area contributed by atoms with Gasteiger partial charge in [0, 0.05) is 25.2 Å². The van der Waals surface area contributed by atoms with Gasteiger partial charge in [-0.2, -0.15) is 0 Å². The first-order valence-electron chi connectivity index (χ1n) is 12.1. The van der Waals surface area contributed by atoms with Gasteiger partial charge in [-0.1, -0.05) is 25.0 Å². The number of hydrogen-bond donors (Lipinski definition) is 1. The molecule has 1 aromatic rings. The molecule has 1 aliphatic carbocycles. The van der Waals surface area contributed by atoms with Gasteiger partial charge in [-0.25, -0.2) is 4.39 Å². The quantitative estimate of drug-likeness (QED) is 0.708. The Bertz CT molecular complexity index is 773. The fraction of sp³-hybridized carbons (Fsp3) is 0.720. The summed E-state index contributed by atoms with van der Waals surface area (Å²) < 4.78 is 20.2. The second kappa shape index (κ2) is 9.45. The molecule has 2 saturated heterocycles. The van der Waals surface area contributed by atoms with Crippen molar-refractivity contribution < 1.29 is 13.9 Å². The molecular formula is C25H38FN3O2. The van der Waals surface area contributed by atoms with E-state index in [9.17, 15) is 9.18 Å². The van der Waals surface area contributed by atoms with Gasteiger partial charge in [-0.3, -0.25) is 14.6 Å². The molecule has 4 rings (SSSR count). The van der Waals surface area contributed by atoms with Crippen molar-refractivity contribution in [2.45, 2.75) is 102 Å². The number of carbonyl (C=O) groups excluding carboxylic acids is 1. The standard InChI is InChI=1S/C25H38FN3O2/c1-18(2)31-23-10-6-7-20(13-23)16-28-12-11-25(15-19(28)3)24(30)27-17-29(25)22-9-5-4-8-21(26)14-22/h6-7,10,13,18-19,21-22H,4-5,8-9,11-12,14-17H2,1-3H3,(H,27,30)/t19-,21-,22?,25+/m0/s1. The van der Waals surface area contributed by atoms with Gasteiger partial charge < -0.3 is 10.1 Å². The molecule has 172 valence electrons. The van der Waals surface area contributed by atoms with Crippen molar-refractivity contribution in [3.8, 4) is 5.75 Å². The highest BCUT2D eigenvalue weighted by Gasteiger charge is 2.54. The number of carbonyl (C=O) groups is 1. The Morgan fingerprint density at radius 1 is 1.29 bits per heavy atom. The lowest BCUT2D eigenvalue weighted by atomic mass is 9.80. The first-order valence-corrected chi connectivity index (χ1v) is 12.1. The Hall–Kier alpha value is -1.66. The molecule has 1 unspecified atom stereocenters. The van der Waals surface area contributed by atoms with Crippen LogP contribution in [0.25, 0.3) is 0 Å². The monoisotopic (exact) mass is 431 g/mol. The Labute approximate surface area is 186 Å². The second-order valence-corrected chi connectivity index (χ2v) is 10.0. The number of piperidine rings is 1. The molecular weight excluding hydrogens is 393 g/mol. The van der Waals surface area contributed by atoms with Crippen molar-refractivity contribution in [3.63, 3.8) is 0 Å². The second-order valence-electron chi connectivity index (χ2n) is 10.0. The smallest absolute Gasteiger partial charge is 0.241 e. The molecule has 1 spiro atoms. The topological polar surface area (TPSA) is 44.8 Å². The minimum absolute atomic E-state index is 0.144. The van der Waals surface area contributed by atoms with Crippen molar-refractivity contribution in [1.82, 2.24) is 15.1 Å². The summed E-state index contributed by atoms with van der Waals surface area (Å²) in [6, 6.07) is 8.77. The zero-order valence-electron chi connectivity index (χ0n) is 19.3. The molecule has 2 heterocycles. The van der Waals surface area contributed by atoms with Gasteiger partial charge in [0.15, 0.2) is 0 Å². The van der Waals surface area contributed by atoms with Crippen LogP contribution in [-0.2, 0) is 11.3 Å². The molecule has 1 N–H and O–H groups in total. The highest BCUT2D eigenvalue weighted by molar-refractivity contribution is 5.88. The normalized spacial score (nSPS) is 32.9. The van der Waals surface area contributed by atoms with E-state index in [1.807, 2.05) is 19.9 Å². The van der Waals surface area contributed by atoms with E-state index in [4.69, 9.17) is 4.74 Å². The van der Waals surface area contributed by atoms with Crippen molar-refractivity contribution in [2.75, 3.05) is 13.2 Å². The Kier molecular flexibility index (Phi) is 6.87. The average molecular weight is 432 g/mol. The molecule has 5 nitrogen and oxygen atoms in total. The molecule has 4 atom stereocenters. The van der Waals surface area contributed by atoms with Crippen LogP contribution in [0.4, 0.5) is 4.39 Å². The van der Waals surface area contributed by atoms with Crippen molar-refractivity contribution >= 4 is 5.91 Å². The van der Waals surface area contributed by atoms with Gasteiger partial charge in [-0.15, -0.1) is 0 Å². The third-order valence-corrected chi connectivity index (χ3v) is 7.38. The van der Waals surface area contributed by atoms with Crippen molar-refractivity contribution in [2.24, 2.45) is 0 Å². The van der Waals surface area contributed by atoms with E-state index in [0.29, 0.717) is 19.5 Å². The summed E-state index contributed by atoms with van der Waals surface area (Å²) >= 11 is 0. The molecule has 31 heavy (non-hydrogen) atoms. The van der Waals surface area contributed by atoms with Crippen LogP contribution >= 0.6 is 0 Å². The van der Waals surface area contributed by atoms with Gasteiger partial charge in [0.1, 0.15) is 17.5 Å². The maximum Gasteiger partial charge on any atom is 0.241 e. The van der Waals surface area contributed by atoms with E-state index in [1.54, 1.807) is 0 Å². The van der Waals surface area contributed by atoms with Gasteiger partial charge in [0.25, 0.3) is 0 Å². The molecule has 1 saturated carbocycles. The molecule has 0 bridgehead atoms. The minimum Gasteiger partial charge on any atom is -0.491 e. The Morgan fingerprint density at radius 3 is 2.87 bits per heavy atom. The summed E-state index contributed by atoms with van der Waals surface area (Å²) in [5.41, 5.74) is 0.755. The molecule has 0 radical (unpaired) electrons. The van der Waals surface area contributed by atoms with Gasteiger partial charge in [0.05, 0.1) is 12.8 Å². The molecule has 3 aliphatic rings. The largest absolute Gasteiger partial charge is 0.491 e. The Balaban J connectivity index is 1.45. The molecule has 2 aliphatic heterocycles. The van der Waals surface area contributed by atoms with Gasteiger partial charge in [-0.05, 0) is 70.6 Å². The van der Waals surface area contributed by atoms with Gasteiger partial charge >= 0.3 is 0 Å².